The maximum Gasteiger partial charge on any atom is 0.107 e. The summed E-state index contributed by atoms with van der Waals surface area (Å²) in [6, 6.07) is 0. The molecule has 0 saturated heterocycles. The van der Waals surface area contributed by atoms with Gasteiger partial charge in [0.05, 0.1) is 0 Å². The van der Waals surface area contributed by atoms with Crippen LogP contribution in [0, 0.1) is 5.41 Å². The zero-order valence-corrected chi connectivity index (χ0v) is 8.08. The SMILES string of the molecule is CCC(C)(C)CC(C)(N)CF. The van der Waals surface area contributed by atoms with Crippen LogP contribution in [0.2, 0.25) is 0 Å². The third kappa shape index (κ3) is 4.35. The van der Waals surface area contributed by atoms with Gasteiger partial charge in [0, 0.05) is 5.54 Å². The van der Waals surface area contributed by atoms with Crippen molar-refractivity contribution in [2.75, 3.05) is 6.67 Å². The summed E-state index contributed by atoms with van der Waals surface area (Å²) in [5.41, 5.74) is 5.23. The standard InChI is InChI=1S/C9H20FN/c1-5-8(2,3)6-9(4,11)7-10/h5-7,11H2,1-4H3. The van der Waals surface area contributed by atoms with Crippen molar-refractivity contribution < 1.29 is 4.39 Å². The molecule has 0 aromatic rings. The van der Waals surface area contributed by atoms with Crippen LogP contribution in [0.5, 0.6) is 0 Å². The highest BCUT2D eigenvalue weighted by Gasteiger charge is 2.27. The molecule has 0 bridgehead atoms. The fourth-order valence-corrected chi connectivity index (χ4v) is 1.27. The maximum absolute atomic E-state index is 12.3. The molecule has 0 aromatic heterocycles. The Kier molecular flexibility index (Phi) is 3.49. The molecule has 0 heterocycles. The van der Waals surface area contributed by atoms with Gasteiger partial charge in [0.2, 0.25) is 0 Å². The lowest BCUT2D eigenvalue weighted by Crippen LogP contribution is -2.42. The van der Waals surface area contributed by atoms with Crippen molar-refractivity contribution >= 4 is 0 Å². The molecule has 0 amide bonds. The molecule has 0 radical (unpaired) electrons. The van der Waals surface area contributed by atoms with Crippen molar-refractivity contribution in [2.24, 2.45) is 11.1 Å². The second-order valence-corrected chi connectivity index (χ2v) is 4.48. The van der Waals surface area contributed by atoms with E-state index in [1.54, 1.807) is 6.92 Å². The molecular formula is C9H20FN. The van der Waals surface area contributed by atoms with Gasteiger partial charge in [0.15, 0.2) is 0 Å². The summed E-state index contributed by atoms with van der Waals surface area (Å²) in [6.07, 6.45) is 1.78. The van der Waals surface area contributed by atoms with Gasteiger partial charge < -0.3 is 5.73 Å². The van der Waals surface area contributed by atoms with E-state index >= 15 is 0 Å². The molecule has 1 atom stereocenters. The third-order valence-corrected chi connectivity index (χ3v) is 2.14. The van der Waals surface area contributed by atoms with E-state index in [4.69, 9.17) is 5.73 Å². The summed E-state index contributed by atoms with van der Waals surface area (Å²) in [5.74, 6) is 0. The predicted octanol–water partition coefficient (Wildman–Crippen LogP) is 2.50. The number of nitrogens with two attached hydrogens (primary N) is 1. The van der Waals surface area contributed by atoms with Gasteiger partial charge in [-0.3, -0.25) is 0 Å². The van der Waals surface area contributed by atoms with E-state index < -0.39 is 12.2 Å². The van der Waals surface area contributed by atoms with E-state index in [2.05, 4.69) is 20.8 Å². The Bertz CT molecular complexity index is 105. The van der Waals surface area contributed by atoms with Gasteiger partial charge in [-0.15, -0.1) is 0 Å². The molecule has 0 aliphatic heterocycles. The zero-order valence-electron chi connectivity index (χ0n) is 8.08. The highest BCUT2D eigenvalue weighted by atomic mass is 19.1. The van der Waals surface area contributed by atoms with Crippen molar-refractivity contribution in [3.63, 3.8) is 0 Å². The lowest BCUT2D eigenvalue weighted by atomic mass is 9.78. The maximum atomic E-state index is 12.3. The molecule has 0 rings (SSSR count). The minimum Gasteiger partial charge on any atom is -0.323 e. The largest absolute Gasteiger partial charge is 0.323 e. The Balaban J connectivity index is 4.02. The second kappa shape index (κ2) is 3.53. The molecule has 11 heavy (non-hydrogen) atoms. The van der Waals surface area contributed by atoms with Crippen LogP contribution in [-0.4, -0.2) is 12.2 Å². The number of hydrogen-bond donors (Lipinski definition) is 1. The molecule has 2 heteroatoms. The first kappa shape index (κ1) is 10.9. The molecular weight excluding hydrogens is 141 g/mol. The number of rotatable bonds is 4. The van der Waals surface area contributed by atoms with Crippen LogP contribution in [0.4, 0.5) is 4.39 Å². The normalized spacial score (nSPS) is 18.0. The minimum absolute atomic E-state index is 0.162. The first-order chi connectivity index (χ1) is 4.83. The Morgan fingerprint density at radius 3 is 2.00 bits per heavy atom. The molecule has 2 N–H and O–H groups in total. The summed E-state index contributed by atoms with van der Waals surface area (Å²) in [7, 11) is 0. The summed E-state index contributed by atoms with van der Waals surface area (Å²) in [5, 5.41) is 0. The number of alkyl halides is 1. The van der Waals surface area contributed by atoms with Crippen LogP contribution in [-0.2, 0) is 0 Å². The molecule has 0 spiro atoms. The van der Waals surface area contributed by atoms with E-state index in [-0.39, 0.29) is 5.41 Å². The molecule has 68 valence electrons. The fourth-order valence-electron chi connectivity index (χ4n) is 1.27. The third-order valence-electron chi connectivity index (χ3n) is 2.14. The molecule has 0 saturated carbocycles. The van der Waals surface area contributed by atoms with Gasteiger partial charge >= 0.3 is 0 Å². The molecule has 0 aliphatic rings. The Labute approximate surface area is 69.2 Å². The summed E-state index contributed by atoms with van der Waals surface area (Å²) < 4.78 is 12.3. The van der Waals surface area contributed by atoms with Gasteiger partial charge in [-0.25, -0.2) is 4.39 Å². The van der Waals surface area contributed by atoms with E-state index in [9.17, 15) is 4.39 Å². The summed E-state index contributed by atoms with van der Waals surface area (Å²) in [6.45, 7) is 7.68. The molecule has 1 nitrogen and oxygen atoms in total. The van der Waals surface area contributed by atoms with Gasteiger partial charge in [-0.1, -0.05) is 27.2 Å². The Morgan fingerprint density at radius 1 is 1.27 bits per heavy atom. The predicted molar refractivity (Wildman–Crippen MR) is 47.3 cm³/mol. The van der Waals surface area contributed by atoms with Crippen molar-refractivity contribution in [1.29, 1.82) is 0 Å². The van der Waals surface area contributed by atoms with Gasteiger partial charge in [0.1, 0.15) is 6.67 Å². The van der Waals surface area contributed by atoms with Gasteiger partial charge in [-0.05, 0) is 18.8 Å². The van der Waals surface area contributed by atoms with E-state index in [0.717, 1.165) is 12.8 Å². The average molecular weight is 161 g/mol. The van der Waals surface area contributed by atoms with E-state index in [0.29, 0.717) is 0 Å². The van der Waals surface area contributed by atoms with Crippen molar-refractivity contribution in [3.05, 3.63) is 0 Å². The lowest BCUT2D eigenvalue weighted by molar-refractivity contribution is 0.204. The van der Waals surface area contributed by atoms with Crippen LogP contribution >= 0.6 is 0 Å². The summed E-state index contributed by atoms with van der Waals surface area (Å²) in [4.78, 5) is 0. The monoisotopic (exact) mass is 161 g/mol. The number of hydrogen-bond acceptors (Lipinski definition) is 1. The lowest BCUT2D eigenvalue weighted by Gasteiger charge is -2.32. The van der Waals surface area contributed by atoms with Crippen LogP contribution in [0.1, 0.15) is 40.5 Å². The first-order valence-electron chi connectivity index (χ1n) is 4.18. The molecule has 0 fully saturated rings. The topological polar surface area (TPSA) is 26.0 Å². The van der Waals surface area contributed by atoms with Crippen LogP contribution in [0.3, 0.4) is 0 Å². The molecule has 1 unspecified atom stereocenters. The van der Waals surface area contributed by atoms with Crippen LogP contribution in [0.25, 0.3) is 0 Å². The molecule has 0 aromatic carbocycles. The molecule has 0 aliphatic carbocycles. The second-order valence-electron chi connectivity index (χ2n) is 4.48. The van der Waals surface area contributed by atoms with Crippen LogP contribution < -0.4 is 5.73 Å². The first-order valence-corrected chi connectivity index (χ1v) is 4.18. The summed E-state index contributed by atoms with van der Waals surface area (Å²) >= 11 is 0. The minimum atomic E-state index is -0.639. The Morgan fingerprint density at radius 2 is 1.73 bits per heavy atom. The van der Waals surface area contributed by atoms with Crippen molar-refractivity contribution in [1.82, 2.24) is 0 Å². The number of halogens is 1. The van der Waals surface area contributed by atoms with E-state index in [1.807, 2.05) is 0 Å². The van der Waals surface area contributed by atoms with Gasteiger partial charge in [-0.2, -0.15) is 0 Å². The Hall–Kier alpha value is -0.110. The zero-order chi connectivity index (χ0) is 9.12. The van der Waals surface area contributed by atoms with Crippen molar-refractivity contribution in [2.45, 2.75) is 46.1 Å². The highest BCUT2D eigenvalue weighted by Crippen LogP contribution is 2.29. The fraction of sp³-hybridized carbons (Fsp3) is 1.00. The average Bonchev–Trinajstić information content (AvgIpc) is 1.86. The smallest absolute Gasteiger partial charge is 0.107 e. The van der Waals surface area contributed by atoms with Gasteiger partial charge in [0.25, 0.3) is 0 Å². The van der Waals surface area contributed by atoms with Crippen molar-refractivity contribution in [3.8, 4) is 0 Å². The van der Waals surface area contributed by atoms with E-state index in [1.165, 1.54) is 0 Å². The quantitative estimate of drug-likeness (QED) is 0.673. The highest BCUT2D eigenvalue weighted by molar-refractivity contribution is 4.84. The van der Waals surface area contributed by atoms with Crippen LogP contribution in [0.15, 0.2) is 0 Å².